The van der Waals surface area contributed by atoms with Gasteiger partial charge in [-0.1, -0.05) is 48.5 Å². The van der Waals surface area contributed by atoms with Crippen LogP contribution in [0.5, 0.6) is 0 Å². The number of hydrogen-bond acceptors (Lipinski definition) is 4. The quantitative estimate of drug-likeness (QED) is 0.416. The third-order valence-electron chi connectivity index (χ3n) is 5.16. The van der Waals surface area contributed by atoms with Gasteiger partial charge >= 0.3 is 0 Å². The number of benzene rings is 3. The Labute approximate surface area is 182 Å². The third-order valence-corrected chi connectivity index (χ3v) is 6.24. The first-order chi connectivity index (χ1) is 15.1. The number of aromatic nitrogens is 2. The molecule has 0 atom stereocenters. The van der Waals surface area contributed by atoms with Gasteiger partial charge in [-0.15, -0.1) is 11.3 Å². The zero-order valence-corrected chi connectivity index (χ0v) is 17.4. The van der Waals surface area contributed by atoms with Gasteiger partial charge in [0.25, 0.3) is 11.8 Å². The summed E-state index contributed by atoms with van der Waals surface area (Å²) in [5.74, 6) is 0.0610. The molecule has 0 fully saturated rings. The highest BCUT2D eigenvalue weighted by atomic mass is 32.1. The summed E-state index contributed by atoms with van der Waals surface area (Å²) >= 11 is 1.33. The van der Waals surface area contributed by atoms with E-state index in [0.29, 0.717) is 10.4 Å². The van der Waals surface area contributed by atoms with E-state index >= 15 is 0 Å². The number of imidazole rings is 1. The van der Waals surface area contributed by atoms with E-state index in [-0.39, 0.29) is 11.8 Å². The van der Waals surface area contributed by atoms with E-state index in [1.807, 2.05) is 78.3 Å². The Morgan fingerprint density at radius 2 is 1.58 bits per heavy atom. The fraction of sp³-hybridized carbons (Fsp3) is 0.0417. The van der Waals surface area contributed by atoms with Crippen molar-refractivity contribution in [2.75, 3.05) is 0 Å². The summed E-state index contributed by atoms with van der Waals surface area (Å²) in [6, 6.07) is 24.6. The number of aryl methyl sites for hydroxylation is 1. The molecule has 0 unspecified atom stereocenters. The number of carbonyl (C=O) groups excluding carboxylic acids is 2. The van der Waals surface area contributed by atoms with E-state index in [0.717, 1.165) is 32.5 Å². The van der Waals surface area contributed by atoms with Gasteiger partial charge in [0.15, 0.2) is 5.82 Å². The van der Waals surface area contributed by atoms with Crippen LogP contribution in [0.2, 0.25) is 0 Å². The van der Waals surface area contributed by atoms with Crippen molar-refractivity contribution in [1.82, 2.24) is 20.4 Å². The summed E-state index contributed by atoms with van der Waals surface area (Å²) in [7, 11) is 1.95. The van der Waals surface area contributed by atoms with E-state index in [2.05, 4.69) is 15.8 Å². The summed E-state index contributed by atoms with van der Waals surface area (Å²) in [4.78, 5) is 31.3. The van der Waals surface area contributed by atoms with Crippen LogP contribution in [-0.2, 0) is 7.05 Å². The van der Waals surface area contributed by atoms with Gasteiger partial charge in [0.05, 0.1) is 20.8 Å². The molecule has 152 valence electrons. The Morgan fingerprint density at radius 1 is 0.839 bits per heavy atom. The van der Waals surface area contributed by atoms with Gasteiger partial charge in [0.1, 0.15) is 0 Å². The van der Waals surface area contributed by atoms with Crippen LogP contribution in [0.25, 0.3) is 32.5 Å². The number of nitrogens with zero attached hydrogens (tertiary/aromatic N) is 2. The Hall–Kier alpha value is -3.97. The number of hydrogen-bond donors (Lipinski definition) is 2. The molecule has 0 saturated heterocycles. The van der Waals surface area contributed by atoms with Crippen molar-refractivity contribution in [3.05, 3.63) is 89.3 Å². The second-order valence-corrected chi connectivity index (χ2v) is 8.17. The minimum Gasteiger partial charge on any atom is -0.326 e. The smallest absolute Gasteiger partial charge is 0.279 e. The number of thiophene rings is 1. The molecule has 0 spiro atoms. The highest BCUT2D eigenvalue weighted by Gasteiger charge is 2.16. The monoisotopic (exact) mass is 426 g/mol. The Bertz CT molecular complexity index is 1450. The molecule has 0 aliphatic rings. The molecule has 2 heterocycles. The molecule has 0 aliphatic carbocycles. The third kappa shape index (κ3) is 3.45. The van der Waals surface area contributed by atoms with Crippen LogP contribution in [0.1, 0.15) is 20.0 Å². The van der Waals surface area contributed by atoms with E-state index in [1.54, 1.807) is 12.1 Å². The first-order valence-electron chi connectivity index (χ1n) is 9.72. The lowest BCUT2D eigenvalue weighted by Crippen LogP contribution is -2.41. The van der Waals surface area contributed by atoms with Crippen LogP contribution in [0.3, 0.4) is 0 Å². The number of amides is 2. The predicted molar refractivity (Wildman–Crippen MR) is 123 cm³/mol. The van der Waals surface area contributed by atoms with Gasteiger partial charge in [-0.3, -0.25) is 20.4 Å². The highest BCUT2D eigenvalue weighted by Crippen LogP contribution is 2.29. The van der Waals surface area contributed by atoms with Crippen molar-refractivity contribution in [2.24, 2.45) is 7.05 Å². The molecule has 7 heteroatoms. The molecule has 0 bridgehead atoms. The normalized spacial score (nSPS) is 11.0. The number of carbonyl (C=O) groups is 2. The van der Waals surface area contributed by atoms with Crippen molar-refractivity contribution < 1.29 is 9.59 Å². The van der Waals surface area contributed by atoms with Gasteiger partial charge in [0.2, 0.25) is 0 Å². The molecule has 0 aliphatic heterocycles. The molecule has 0 radical (unpaired) electrons. The van der Waals surface area contributed by atoms with Gasteiger partial charge in [0, 0.05) is 12.6 Å². The zero-order valence-electron chi connectivity index (χ0n) is 16.6. The molecule has 5 rings (SSSR count). The summed E-state index contributed by atoms with van der Waals surface area (Å²) in [6.45, 7) is 0. The van der Waals surface area contributed by atoms with E-state index in [4.69, 9.17) is 0 Å². The molecule has 31 heavy (non-hydrogen) atoms. The second kappa shape index (κ2) is 7.70. The molecule has 5 aromatic rings. The van der Waals surface area contributed by atoms with Gasteiger partial charge in [-0.25, -0.2) is 4.98 Å². The molecule has 0 saturated carbocycles. The summed E-state index contributed by atoms with van der Waals surface area (Å²) in [5, 5.41) is 1.80. The zero-order chi connectivity index (χ0) is 21.4. The summed E-state index contributed by atoms with van der Waals surface area (Å²) in [6.07, 6.45) is 0. The van der Waals surface area contributed by atoms with Gasteiger partial charge in [-0.05, 0) is 41.1 Å². The van der Waals surface area contributed by atoms with Crippen LogP contribution in [-0.4, -0.2) is 21.4 Å². The van der Waals surface area contributed by atoms with Gasteiger partial charge < -0.3 is 4.57 Å². The van der Waals surface area contributed by atoms with Crippen LogP contribution in [0.15, 0.2) is 78.9 Å². The van der Waals surface area contributed by atoms with Crippen LogP contribution >= 0.6 is 11.3 Å². The predicted octanol–water partition coefficient (Wildman–Crippen LogP) is 4.53. The van der Waals surface area contributed by atoms with Crippen molar-refractivity contribution in [2.45, 2.75) is 0 Å². The van der Waals surface area contributed by atoms with Crippen molar-refractivity contribution in [1.29, 1.82) is 0 Å². The lowest BCUT2D eigenvalue weighted by atomic mass is 10.0. The Kier molecular flexibility index (Phi) is 4.72. The molecule has 2 amide bonds. The fourth-order valence-corrected chi connectivity index (χ4v) is 4.54. The SMILES string of the molecule is Cn1c(-c2ccc(C(=O)NNC(=O)c3cccc4ccccc34)s2)nc2ccccc21. The number of nitrogens with one attached hydrogen (secondary N) is 2. The maximum absolute atomic E-state index is 12.6. The molecular formula is C24H18N4O2S. The topological polar surface area (TPSA) is 76.0 Å². The standard InChI is InChI=1S/C24H18N4O2S/c1-28-19-12-5-4-11-18(19)25-22(28)20-13-14-21(31-20)24(30)27-26-23(29)17-10-6-8-15-7-2-3-9-16(15)17/h2-14H,1H3,(H,26,29)(H,27,30). The number of para-hydroxylation sites is 2. The number of hydrazine groups is 1. The fourth-order valence-electron chi connectivity index (χ4n) is 3.61. The first-order valence-corrected chi connectivity index (χ1v) is 10.5. The minimum absolute atomic E-state index is 0.364. The number of rotatable bonds is 3. The largest absolute Gasteiger partial charge is 0.326 e. The molecule has 2 aromatic heterocycles. The van der Waals surface area contributed by atoms with Crippen LogP contribution in [0.4, 0.5) is 0 Å². The lowest BCUT2D eigenvalue weighted by molar-refractivity contribution is 0.0850. The van der Waals surface area contributed by atoms with E-state index < -0.39 is 0 Å². The Morgan fingerprint density at radius 3 is 2.45 bits per heavy atom. The molecule has 3 aromatic carbocycles. The van der Waals surface area contributed by atoms with E-state index in [9.17, 15) is 9.59 Å². The maximum Gasteiger partial charge on any atom is 0.279 e. The molecule has 6 nitrogen and oxygen atoms in total. The summed E-state index contributed by atoms with van der Waals surface area (Å²) in [5.41, 5.74) is 7.47. The molecule has 2 N–H and O–H groups in total. The van der Waals surface area contributed by atoms with Crippen molar-refractivity contribution >= 4 is 45.0 Å². The van der Waals surface area contributed by atoms with Crippen molar-refractivity contribution in [3.8, 4) is 10.7 Å². The van der Waals surface area contributed by atoms with Crippen LogP contribution < -0.4 is 10.9 Å². The average Bonchev–Trinajstić information content (AvgIpc) is 3.42. The van der Waals surface area contributed by atoms with E-state index in [1.165, 1.54) is 11.3 Å². The first kappa shape index (κ1) is 19.0. The summed E-state index contributed by atoms with van der Waals surface area (Å²) < 4.78 is 2.01. The lowest BCUT2D eigenvalue weighted by Gasteiger charge is -2.08. The van der Waals surface area contributed by atoms with Crippen molar-refractivity contribution in [3.63, 3.8) is 0 Å². The highest BCUT2D eigenvalue weighted by molar-refractivity contribution is 7.17. The maximum atomic E-state index is 12.6. The molecular weight excluding hydrogens is 408 g/mol. The number of fused-ring (bicyclic) bond motifs is 2. The van der Waals surface area contributed by atoms with Crippen LogP contribution in [0, 0.1) is 0 Å². The van der Waals surface area contributed by atoms with Gasteiger partial charge in [-0.2, -0.15) is 0 Å². The Balaban J connectivity index is 1.33. The minimum atomic E-state index is -0.372. The second-order valence-electron chi connectivity index (χ2n) is 7.08. The average molecular weight is 427 g/mol.